The largest absolute Gasteiger partial charge is 0.497 e. The second-order valence-corrected chi connectivity index (χ2v) is 5.45. The van der Waals surface area contributed by atoms with Crippen LogP contribution < -0.4 is 10.1 Å². The molecule has 0 spiro atoms. The van der Waals surface area contributed by atoms with E-state index < -0.39 is 0 Å². The fraction of sp³-hybridized carbons (Fsp3) is 0.333. The Labute approximate surface area is 113 Å². The van der Waals surface area contributed by atoms with Crippen LogP contribution in [0.1, 0.15) is 17.4 Å². The van der Waals surface area contributed by atoms with Crippen LogP contribution in [0.3, 0.4) is 0 Å². The van der Waals surface area contributed by atoms with Gasteiger partial charge < -0.3 is 10.1 Å². The van der Waals surface area contributed by atoms with Crippen molar-refractivity contribution in [2.45, 2.75) is 25.9 Å². The fourth-order valence-electron chi connectivity index (χ4n) is 1.84. The molecular formula is C15H19NOS. The minimum atomic E-state index is 0.491. The van der Waals surface area contributed by atoms with E-state index in [9.17, 15) is 0 Å². The molecule has 0 saturated carbocycles. The molecule has 2 nitrogen and oxygen atoms in total. The molecule has 0 fully saturated rings. The number of hydrogen-bond acceptors (Lipinski definition) is 3. The molecule has 1 aromatic heterocycles. The quantitative estimate of drug-likeness (QED) is 0.859. The SMILES string of the molecule is COc1ccc(CN[C@@H](C)Cc2cccs2)cc1. The standard InChI is InChI=1S/C15H19NOS/c1-12(10-15-4-3-9-18-15)16-11-13-5-7-14(17-2)8-6-13/h3-9,12,16H,10-11H2,1-2H3/t12-/m0/s1. The Kier molecular flexibility index (Phi) is 4.79. The van der Waals surface area contributed by atoms with Gasteiger partial charge in [-0.25, -0.2) is 0 Å². The summed E-state index contributed by atoms with van der Waals surface area (Å²) in [6.45, 7) is 3.12. The molecule has 0 aliphatic heterocycles. The number of methoxy groups -OCH3 is 1. The molecule has 1 atom stereocenters. The van der Waals surface area contributed by atoms with Gasteiger partial charge in [-0.1, -0.05) is 18.2 Å². The summed E-state index contributed by atoms with van der Waals surface area (Å²) in [6, 6.07) is 13.0. The molecule has 0 saturated heterocycles. The number of ether oxygens (including phenoxy) is 1. The second kappa shape index (κ2) is 6.57. The van der Waals surface area contributed by atoms with Crippen molar-refractivity contribution in [3.05, 3.63) is 52.2 Å². The molecule has 2 rings (SSSR count). The molecule has 0 aliphatic rings. The summed E-state index contributed by atoms with van der Waals surface area (Å²) in [4.78, 5) is 1.43. The summed E-state index contributed by atoms with van der Waals surface area (Å²) in [5, 5.41) is 5.67. The smallest absolute Gasteiger partial charge is 0.118 e. The molecule has 2 aromatic rings. The van der Waals surface area contributed by atoms with Crippen LogP contribution in [-0.2, 0) is 13.0 Å². The Morgan fingerprint density at radius 2 is 2.00 bits per heavy atom. The lowest BCUT2D eigenvalue weighted by Crippen LogP contribution is -2.27. The first kappa shape index (κ1) is 13.1. The van der Waals surface area contributed by atoms with Crippen molar-refractivity contribution in [1.82, 2.24) is 5.32 Å². The van der Waals surface area contributed by atoms with E-state index in [2.05, 4.69) is 41.9 Å². The maximum absolute atomic E-state index is 5.15. The lowest BCUT2D eigenvalue weighted by molar-refractivity contribution is 0.414. The lowest BCUT2D eigenvalue weighted by atomic mass is 10.1. The first-order chi connectivity index (χ1) is 8.78. The molecule has 0 amide bonds. The van der Waals surface area contributed by atoms with Crippen LogP contribution in [0.4, 0.5) is 0 Å². The Balaban J connectivity index is 1.79. The highest BCUT2D eigenvalue weighted by Gasteiger charge is 2.04. The van der Waals surface area contributed by atoms with Crippen LogP contribution in [0.2, 0.25) is 0 Å². The fourth-order valence-corrected chi connectivity index (χ4v) is 2.67. The number of rotatable bonds is 6. The van der Waals surface area contributed by atoms with Gasteiger partial charge >= 0.3 is 0 Å². The predicted octanol–water partition coefficient (Wildman–Crippen LogP) is 3.48. The Morgan fingerprint density at radius 3 is 2.61 bits per heavy atom. The van der Waals surface area contributed by atoms with Gasteiger partial charge in [0.1, 0.15) is 5.75 Å². The molecule has 3 heteroatoms. The van der Waals surface area contributed by atoms with Gasteiger partial charge in [0.15, 0.2) is 0 Å². The summed E-state index contributed by atoms with van der Waals surface area (Å²) in [7, 11) is 1.69. The Morgan fingerprint density at radius 1 is 1.22 bits per heavy atom. The van der Waals surface area contributed by atoms with Crippen LogP contribution in [-0.4, -0.2) is 13.2 Å². The third kappa shape index (κ3) is 3.86. The van der Waals surface area contributed by atoms with Gasteiger partial charge in [-0.2, -0.15) is 0 Å². The van der Waals surface area contributed by atoms with E-state index in [1.165, 1.54) is 10.4 Å². The van der Waals surface area contributed by atoms with Crippen molar-refractivity contribution in [3.63, 3.8) is 0 Å². The third-order valence-corrected chi connectivity index (χ3v) is 3.80. The van der Waals surface area contributed by atoms with E-state index >= 15 is 0 Å². The molecule has 96 valence electrons. The molecule has 0 unspecified atom stereocenters. The van der Waals surface area contributed by atoms with Crippen LogP contribution in [0.15, 0.2) is 41.8 Å². The van der Waals surface area contributed by atoms with Crippen LogP contribution >= 0.6 is 11.3 Å². The summed E-state index contributed by atoms with van der Waals surface area (Å²) in [5.74, 6) is 0.908. The van der Waals surface area contributed by atoms with Crippen molar-refractivity contribution < 1.29 is 4.74 Å². The Hall–Kier alpha value is -1.32. The van der Waals surface area contributed by atoms with Crippen LogP contribution in [0.5, 0.6) is 5.75 Å². The van der Waals surface area contributed by atoms with Crippen molar-refractivity contribution >= 4 is 11.3 Å². The van der Waals surface area contributed by atoms with Gasteiger partial charge in [0.25, 0.3) is 0 Å². The lowest BCUT2D eigenvalue weighted by Gasteiger charge is -2.13. The summed E-state index contributed by atoms with van der Waals surface area (Å²) in [5.41, 5.74) is 1.29. The molecule has 1 N–H and O–H groups in total. The zero-order valence-electron chi connectivity index (χ0n) is 10.8. The van der Waals surface area contributed by atoms with Crippen molar-refractivity contribution in [2.75, 3.05) is 7.11 Å². The number of benzene rings is 1. The summed E-state index contributed by atoms with van der Waals surface area (Å²) < 4.78 is 5.15. The third-order valence-electron chi connectivity index (χ3n) is 2.90. The highest BCUT2D eigenvalue weighted by molar-refractivity contribution is 7.09. The maximum atomic E-state index is 5.15. The van der Waals surface area contributed by atoms with E-state index in [0.29, 0.717) is 6.04 Å². The van der Waals surface area contributed by atoms with E-state index in [1.54, 1.807) is 7.11 Å². The van der Waals surface area contributed by atoms with E-state index in [4.69, 9.17) is 4.74 Å². The van der Waals surface area contributed by atoms with Crippen LogP contribution in [0.25, 0.3) is 0 Å². The minimum absolute atomic E-state index is 0.491. The van der Waals surface area contributed by atoms with Crippen molar-refractivity contribution in [2.24, 2.45) is 0 Å². The van der Waals surface area contributed by atoms with Gasteiger partial charge in [0.2, 0.25) is 0 Å². The molecule has 0 aliphatic carbocycles. The van der Waals surface area contributed by atoms with Gasteiger partial charge in [-0.15, -0.1) is 11.3 Å². The summed E-state index contributed by atoms with van der Waals surface area (Å²) >= 11 is 1.82. The zero-order chi connectivity index (χ0) is 12.8. The van der Waals surface area contributed by atoms with Crippen LogP contribution in [0, 0.1) is 0 Å². The second-order valence-electron chi connectivity index (χ2n) is 4.41. The topological polar surface area (TPSA) is 21.3 Å². The van der Waals surface area contributed by atoms with Gasteiger partial charge in [-0.05, 0) is 42.5 Å². The minimum Gasteiger partial charge on any atom is -0.497 e. The van der Waals surface area contributed by atoms with Crippen molar-refractivity contribution in [3.8, 4) is 5.75 Å². The average Bonchev–Trinajstić information content (AvgIpc) is 2.90. The number of thiophene rings is 1. The van der Waals surface area contributed by atoms with Gasteiger partial charge in [0.05, 0.1) is 7.11 Å². The first-order valence-corrected chi connectivity index (χ1v) is 7.04. The first-order valence-electron chi connectivity index (χ1n) is 6.16. The van der Waals surface area contributed by atoms with E-state index in [-0.39, 0.29) is 0 Å². The number of nitrogens with one attached hydrogen (secondary N) is 1. The highest BCUT2D eigenvalue weighted by Crippen LogP contribution is 2.13. The van der Waals surface area contributed by atoms with E-state index in [0.717, 1.165) is 18.7 Å². The molecule has 0 bridgehead atoms. The molecule has 1 heterocycles. The normalized spacial score (nSPS) is 12.3. The monoisotopic (exact) mass is 261 g/mol. The highest BCUT2D eigenvalue weighted by atomic mass is 32.1. The molecule has 18 heavy (non-hydrogen) atoms. The predicted molar refractivity (Wildman–Crippen MR) is 77.3 cm³/mol. The molecule has 1 aromatic carbocycles. The maximum Gasteiger partial charge on any atom is 0.118 e. The van der Waals surface area contributed by atoms with Crippen molar-refractivity contribution in [1.29, 1.82) is 0 Å². The Bertz CT molecular complexity index is 450. The average molecular weight is 261 g/mol. The summed E-state index contributed by atoms with van der Waals surface area (Å²) in [6.07, 6.45) is 1.09. The molecular weight excluding hydrogens is 242 g/mol. The number of hydrogen-bond donors (Lipinski definition) is 1. The molecule has 0 radical (unpaired) electrons. The van der Waals surface area contributed by atoms with Gasteiger partial charge in [-0.3, -0.25) is 0 Å². The van der Waals surface area contributed by atoms with E-state index in [1.807, 2.05) is 23.5 Å². The van der Waals surface area contributed by atoms with Gasteiger partial charge in [0, 0.05) is 17.5 Å². The zero-order valence-corrected chi connectivity index (χ0v) is 11.7.